The molecule has 0 bridgehead atoms. The summed E-state index contributed by atoms with van der Waals surface area (Å²) in [6.45, 7) is 6.23. The summed E-state index contributed by atoms with van der Waals surface area (Å²) in [5.41, 5.74) is 3.29. The number of aromatic nitrogens is 1. The van der Waals surface area contributed by atoms with Crippen molar-refractivity contribution in [1.82, 2.24) is 9.88 Å². The Morgan fingerprint density at radius 1 is 1.32 bits per heavy atom. The molecule has 1 aliphatic rings. The number of esters is 1. The van der Waals surface area contributed by atoms with Crippen LogP contribution in [0.2, 0.25) is 0 Å². The molecule has 1 aliphatic heterocycles. The first kappa shape index (κ1) is 21.6. The van der Waals surface area contributed by atoms with Crippen molar-refractivity contribution in [3.63, 3.8) is 0 Å². The van der Waals surface area contributed by atoms with Crippen molar-refractivity contribution in [2.45, 2.75) is 45.7 Å². The van der Waals surface area contributed by atoms with Crippen molar-refractivity contribution >= 4 is 17.3 Å². The lowest BCUT2D eigenvalue weighted by Gasteiger charge is -2.23. The number of thiophene rings is 1. The minimum absolute atomic E-state index is 0.134. The molecule has 2 aromatic heterocycles. The molecular formula is C24H28N2O4S. The third kappa shape index (κ3) is 4.99. The van der Waals surface area contributed by atoms with Crippen molar-refractivity contribution < 1.29 is 18.7 Å². The number of ether oxygens (including phenoxy) is 2. The molecule has 1 aromatic carbocycles. The molecule has 0 radical (unpaired) electrons. The zero-order valence-corrected chi connectivity index (χ0v) is 19.0. The van der Waals surface area contributed by atoms with E-state index in [1.807, 2.05) is 30.5 Å². The first-order valence-electron chi connectivity index (χ1n) is 10.6. The molecule has 0 saturated carbocycles. The average molecular weight is 441 g/mol. The highest BCUT2D eigenvalue weighted by Gasteiger charge is 2.31. The minimum Gasteiger partial charge on any atom is -0.493 e. The van der Waals surface area contributed by atoms with Gasteiger partial charge in [-0.25, -0.2) is 4.98 Å². The van der Waals surface area contributed by atoms with E-state index in [1.165, 1.54) is 12.7 Å². The number of aryl methyl sites for hydroxylation is 2. The molecule has 31 heavy (non-hydrogen) atoms. The Morgan fingerprint density at radius 2 is 2.19 bits per heavy atom. The van der Waals surface area contributed by atoms with Crippen LogP contribution in [0, 0.1) is 13.8 Å². The molecule has 3 aromatic rings. The lowest BCUT2D eigenvalue weighted by atomic mass is 10.1. The normalized spacial score (nSPS) is 16.5. The van der Waals surface area contributed by atoms with E-state index in [-0.39, 0.29) is 12.0 Å². The summed E-state index contributed by atoms with van der Waals surface area (Å²) in [7, 11) is 1.46. The fourth-order valence-electron chi connectivity index (χ4n) is 4.00. The quantitative estimate of drug-likeness (QED) is 0.470. The van der Waals surface area contributed by atoms with E-state index < -0.39 is 0 Å². The number of carbonyl (C=O) groups is 1. The van der Waals surface area contributed by atoms with E-state index in [2.05, 4.69) is 28.9 Å². The van der Waals surface area contributed by atoms with Crippen LogP contribution in [0.1, 0.15) is 35.4 Å². The smallest absolute Gasteiger partial charge is 0.323 e. The third-order valence-electron chi connectivity index (χ3n) is 5.76. The van der Waals surface area contributed by atoms with Crippen molar-refractivity contribution in [1.29, 1.82) is 0 Å². The van der Waals surface area contributed by atoms with Gasteiger partial charge in [0.15, 0.2) is 0 Å². The Hall–Kier alpha value is -2.64. The van der Waals surface area contributed by atoms with Gasteiger partial charge < -0.3 is 13.9 Å². The van der Waals surface area contributed by atoms with Gasteiger partial charge in [-0.15, -0.1) is 11.3 Å². The topological polar surface area (TPSA) is 64.8 Å². The molecule has 0 aliphatic carbocycles. The Morgan fingerprint density at radius 3 is 2.94 bits per heavy atom. The van der Waals surface area contributed by atoms with Gasteiger partial charge in [0.1, 0.15) is 17.6 Å². The van der Waals surface area contributed by atoms with Crippen LogP contribution in [-0.2, 0) is 22.5 Å². The zero-order valence-electron chi connectivity index (χ0n) is 18.2. The summed E-state index contributed by atoms with van der Waals surface area (Å²) < 4.78 is 16.7. The molecule has 1 atom stereocenters. The van der Waals surface area contributed by atoms with Gasteiger partial charge in [0.05, 0.1) is 24.3 Å². The van der Waals surface area contributed by atoms with E-state index in [1.54, 1.807) is 11.3 Å². The van der Waals surface area contributed by atoms with Crippen LogP contribution in [0.15, 0.2) is 40.1 Å². The number of rotatable bonds is 8. The maximum absolute atomic E-state index is 12.0. The second-order valence-electron chi connectivity index (χ2n) is 7.84. The van der Waals surface area contributed by atoms with Crippen LogP contribution in [0.25, 0.3) is 10.8 Å². The monoisotopic (exact) mass is 440 g/mol. The summed E-state index contributed by atoms with van der Waals surface area (Å²) in [6, 6.07) is 10.0. The molecule has 3 heterocycles. The Kier molecular flexibility index (Phi) is 6.73. The van der Waals surface area contributed by atoms with E-state index in [9.17, 15) is 4.79 Å². The summed E-state index contributed by atoms with van der Waals surface area (Å²) >= 11 is 1.62. The molecule has 0 N–H and O–H groups in total. The summed E-state index contributed by atoms with van der Waals surface area (Å²) in [4.78, 5) is 19.8. The fourth-order valence-corrected chi connectivity index (χ4v) is 4.65. The van der Waals surface area contributed by atoms with Gasteiger partial charge in [0, 0.05) is 13.0 Å². The zero-order chi connectivity index (χ0) is 21.8. The predicted molar refractivity (Wildman–Crippen MR) is 120 cm³/mol. The van der Waals surface area contributed by atoms with E-state index in [0.717, 1.165) is 53.6 Å². The van der Waals surface area contributed by atoms with Crippen LogP contribution >= 0.6 is 11.3 Å². The SMILES string of the molecule is COC(=O)C1CCCN1Cc1ccc(OCCc2nc(-c3cccs3)oc2C)cc1C. The second kappa shape index (κ2) is 9.66. The maximum Gasteiger partial charge on any atom is 0.323 e. The molecule has 0 amide bonds. The molecular weight excluding hydrogens is 412 g/mol. The van der Waals surface area contributed by atoms with Crippen LogP contribution in [0.4, 0.5) is 0 Å². The fraction of sp³-hybridized carbons (Fsp3) is 0.417. The van der Waals surface area contributed by atoms with Crippen molar-refractivity contribution in [2.75, 3.05) is 20.3 Å². The summed E-state index contributed by atoms with van der Waals surface area (Å²) in [5.74, 6) is 2.21. The van der Waals surface area contributed by atoms with Gasteiger partial charge in [0.25, 0.3) is 0 Å². The van der Waals surface area contributed by atoms with E-state index in [0.29, 0.717) is 18.9 Å². The van der Waals surface area contributed by atoms with Gasteiger partial charge in [-0.2, -0.15) is 0 Å². The molecule has 7 heteroatoms. The van der Waals surface area contributed by atoms with Gasteiger partial charge in [-0.05, 0) is 67.9 Å². The van der Waals surface area contributed by atoms with Gasteiger partial charge in [-0.1, -0.05) is 12.1 Å². The number of carbonyl (C=O) groups excluding carboxylic acids is 1. The van der Waals surface area contributed by atoms with Gasteiger partial charge in [0.2, 0.25) is 5.89 Å². The first-order chi connectivity index (χ1) is 15.0. The largest absolute Gasteiger partial charge is 0.493 e. The van der Waals surface area contributed by atoms with E-state index >= 15 is 0 Å². The Bertz CT molecular complexity index is 1030. The van der Waals surface area contributed by atoms with Crippen molar-refractivity contribution in [3.8, 4) is 16.5 Å². The number of hydrogen-bond acceptors (Lipinski definition) is 7. The number of nitrogens with zero attached hydrogens (tertiary/aromatic N) is 2. The molecule has 0 spiro atoms. The number of oxazole rings is 1. The predicted octanol–water partition coefficient (Wildman–Crippen LogP) is 4.78. The molecule has 6 nitrogen and oxygen atoms in total. The third-order valence-corrected chi connectivity index (χ3v) is 6.61. The highest BCUT2D eigenvalue weighted by atomic mass is 32.1. The number of methoxy groups -OCH3 is 1. The van der Waals surface area contributed by atoms with E-state index in [4.69, 9.17) is 13.9 Å². The standard InChI is InChI=1S/C24H28N2O4S/c1-16-14-19(9-8-18(16)15-26-11-4-6-21(26)24(27)28-3)29-12-10-20-17(2)30-23(25-20)22-7-5-13-31-22/h5,7-9,13-14,21H,4,6,10-12,15H2,1-3H3. The lowest BCUT2D eigenvalue weighted by Crippen LogP contribution is -2.36. The Balaban J connectivity index is 1.33. The summed E-state index contributed by atoms with van der Waals surface area (Å²) in [5, 5.41) is 2.02. The lowest BCUT2D eigenvalue weighted by molar-refractivity contribution is -0.146. The molecule has 1 unspecified atom stereocenters. The molecule has 1 fully saturated rings. The maximum atomic E-state index is 12.0. The highest BCUT2D eigenvalue weighted by Crippen LogP contribution is 2.27. The molecule has 164 valence electrons. The van der Waals surface area contributed by atoms with Crippen molar-refractivity contribution in [2.24, 2.45) is 0 Å². The number of hydrogen-bond donors (Lipinski definition) is 0. The Labute approximate surface area is 186 Å². The number of likely N-dealkylation sites (tertiary alicyclic amines) is 1. The van der Waals surface area contributed by atoms with Crippen LogP contribution < -0.4 is 4.74 Å². The van der Waals surface area contributed by atoms with Gasteiger partial charge in [-0.3, -0.25) is 9.69 Å². The first-order valence-corrected chi connectivity index (χ1v) is 11.5. The molecule has 4 rings (SSSR count). The number of benzene rings is 1. The molecule has 1 saturated heterocycles. The average Bonchev–Trinajstić information content (AvgIpc) is 3.51. The van der Waals surface area contributed by atoms with Crippen LogP contribution in [0.3, 0.4) is 0 Å². The summed E-state index contributed by atoms with van der Waals surface area (Å²) in [6.07, 6.45) is 2.58. The van der Waals surface area contributed by atoms with Crippen molar-refractivity contribution in [3.05, 3.63) is 58.3 Å². The van der Waals surface area contributed by atoms with Crippen LogP contribution in [-0.4, -0.2) is 42.2 Å². The van der Waals surface area contributed by atoms with Gasteiger partial charge >= 0.3 is 5.97 Å². The second-order valence-corrected chi connectivity index (χ2v) is 8.79. The minimum atomic E-state index is -0.138. The van der Waals surface area contributed by atoms with Crippen LogP contribution in [0.5, 0.6) is 5.75 Å². The highest BCUT2D eigenvalue weighted by molar-refractivity contribution is 7.13.